The lowest BCUT2D eigenvalue weighted by atomic mass is 9.94. The molecule has 1 saturated heterocycles. The highest BCUT2D eigenvalue weighted by molar-refractivity contribution is 5.80. The minimum Gasteiger partial charge on any atom is -0.481 e. The van der Waals surface area contributed by atoms with Crippen LogP contribution in [0.15, 0.2) is 24.4 Å². The predicted octanol–water partition coefficient (Wildman–Crippen LogP) is 1.08. The van der Waals surface area contributed by atoms with Gasteiger partial charge in [0.05, 0.1) is 18.2 Å². The highest BCUT2D eigenvalue weighted by Gasteiger charge is 2.40. The van der Waals surface area contributed by atoms with E-state index in [-0.39, 0.29) is 30.7 Å². The molecule has 90 valence electrons. The van der Waals surface area contributed by atoms with Gasteiger partial charge in [-0.3, -0.25) is 14.6 Å². The molecule has 0 saturated carbocycles. The Labute approximate surface area is 99.1 Å². The quantitative estimate of drug-likeness (QED) is 0.849. The molecule has 2 atom stereocenters. The van der Waals surface area contributed by atoms with Crippen molar-refractivity contribution in [3.63, 3.8) is 0 Å². The van der Waals surface area contributed by atoms with Crippen LogP contribution in [0, 0.1) is 5.92 Å². The fraction of sp³-hybridized carbons (Fsp3) is 0.417. The van der Waals surface area contributed by atoms with Gasteiger partial charge in [0.1, 0.15) is 0 Å². The maximum Gasteiger partial charge on any atom is 0.303 e. The zero-order valence-corrected chi connectivity index (χ0v) is 9.54. The summed E-state index contributed by atoms with van der Waals surface area (Å²) >= 11 is 0. The second-order valence-corrected chi connectivity index (χ2v) is 4.27. The fourth-order valence-corrected chi connectivity index (χ4v) is 2.35. The largest absolute Gasteiger partial charge is 0.481 e. The summed E-state index contributed by atoms with van der Waals surface area (Å²) in [6.07, 6.45) is 1.94. The molecule has 0 unspecified atom stereocenters. The summed E-state index contributed by atoms with van der Waals surface area (Å²) in [4.78, 5) is 28.3. The number of carbonyl (C=O) groups is 2. The Kier molecular flexibility index (Phi) is 3.08. The molecule has 0 aliphatic carbocycles. The lowest BCUT2D eigenvalue weighted by molar-refractivity contribution is -0.138. The van der Waals surface area contributed by atoms with E-state index >= 15 is 0 Å². The van der Waals surface area contributed by atoms with Crippen LogP contribution in [0.5, 0.6) is 0 Å². The summed E-state index contributed by atoms with van der Waals surface area (Å²) in [5.41, 5.74) is 0.757. The number of aliphatic carboxylic acids is 1. The van der Waals surface area contributed by atoms with E-state index in [9.17, 15) is 9.59 Å². The van der Waals surface area contributed by atoms with Gasteiger partial charge >= 0.3 is 5.97 Å². The van der Waals surface area contributed by atoms with Crippen molar-refractivity contribution in [2.45, 2.75) is 18.9 Å². The third-order valence-corrected chi connectivity index (χ3v) is 3.12. The van der Waals surface area contributed by atoms with Crippen LogP contribution < -0.4 is 0 Å². The molecule has 0 bridgehead atoms. The Balaban J connectivity index is 2.28. The minimum absolute atomic E-state index is 0.00266. The van der Waals surface area contributed by atoms with E-state index < -0.39 is 5.97 Å². The van der Waals surface area contributed by atoms with Gasteiger partial charge in [-0.05, 0) is 12.1 Å². The molecule has 1 fully saturated rings. The molecule has 2 heterocycles. The predicted molar refractivity (Wildman–Crippen MR) is 60.1 cm³/mol. The summed E-state index contributed by atoms with van der Waals surface area (Å²) in [5.74, 6) is -1.09. The molecule has 1 amide bonds. The van der Waals surface area contributed by atoms with Gasteiger partial charge in [0.25, 0.3) is 0 Å². The van der Waals surface area contributed by atoms with Gasteiger partial charge in [0, 0.05) is 25.6 Å². The van der Waals surface area contributed by atoms with Crippen molar-refractivity contribution < 1.29 is 14.7 Å². The smallest absolute Gasteiger partial charge is 0.303 e. The summed E-state index contributed by atoms with van der Waals surface area (Å²) < 4.78 is 0. The summed E-state index contributed by atoms with van der Waals surface area (Å²) in [6, 6.07) is 5.25. The number of carboxylic acid groups (broad SMARTS) is 1. The zero-order valence-electron chi connectivity index (χ0n) is 9.54. The molecule has 0 spiro atoms. The molecular formula is C12H14N2O3. The molecule has 1 aliphatic rings. The van der Waals surface area contributed by atoms with Gasteiger partial charge in [0.15, 0.2) is 0 Å². The normalized spacial score (nSPS) is 24.1. The van der Waals surface area contributed by atoms with E-state index in [4.69, 9.17) is 5.11 Å². The molecule has 0 aromatic carbocycles. The van der Waals surface area contributed by atoms with Crippen molar-refractivity contribution in [1.82, 2.24) is 9.88 Å². The number of likely N-dealkylation sites (tertiary alicyclic amines) is 1. The Bertz CT molecular complexity index is 431. The van der Waals surface area contributed by atoms with Crippen molar-refractivity contribution in [2.75, 3.05) is 7.05 Å². The first kappa shape index (κ1) is 11.6. The minimum atomic E-state index is -0.876. The molecule has 5 heteroatoms. The number of hydrogen-bond acceptors (Lipinski definition) is 3. The van der Waals surface area contributed by atoms with E-state index in [0.29, 0.717) is 0 Å². The lowest BCUT2D eigenvalue weighted by Crippen LogP contribution is -2.25. The van der Waals surface area contributed by atoms with Crippen LogP contribution in [0.2, 0.25) is 0 Å². The SMILES string of the molecule is CN1C(=O)C[C@H](CC(=O)O)[C@H]1c1ccccn1. The molecule has 2 rings (SSSR count). The second-order valence-electron chi connectivity index (χ2n) is 4.27. The molecule has 5 nitrogen and oxygen atoms in total. The molecule has 1 aliphatic heterocycles. The monoisotopic (exact) mass is 234 g/mol. The van der Waals surface area contributed by atoms with Crippen LogP contribution in [0.3, 0.4) is 0 Å². The first-order chi connectivity index (χ1) is 8.09. The van der Waals surface area contributed by atoms with Crippen LogP contribution in [0.1, 0.15) is 24.6 Å². The molecule has 1 aromatic heterocycles. The van der Waals surface area contributed by atoms with E-state index in [1.165, 1.54) is 0 Å². The molecular weight excluding hydrogens is 220 g/mol. The summed E-state index contributed by atoms with van der Waals surface area (Å²) in [6.45, 7) is 0. The topological polar surface area (TPSA) is 70.5 Å². The second kappa shape index (κ2) is 4.53. The van der Waals surface area contributed by atoms with Crippen LogP contribution in [0.25, 0.3) is 0 Å². The maximum absolute atomic E-state index is 11.7. The van der Waals surface area contributed by atoms with Crippen LogP contribution >= 0.6 is 0 Å². The molecule has 1 aromatic rings. The Morgan fingerprint density at radius 2 is 2.35 bits per heavy atom. The fourth-order valence-electron chi connectivity index (χ4n) is 2.35. The summed E-state index contributed by atoms with van der Waals surface area (Å²) in [5, 5.41) is 8.86. The lowest BCUT2D eigenvalue weighted by Gasteiger charge is -2.23. The average Bonchev–Trinajstić information content (AvgIpc) is 2.55. The first-order valence-corrected chi connectivity index (χ1v) is 5.48. The van der Waals surface area contributed by atoms with E-state index in [1.807, 2.05) is 12.1 Å². The zero-order chi connectivity index (χ0) is 12.4. The van der Waals surface area contributed by atoms with Crippen LogP contribution in [-0.2, 0) is 9.59 Å². The van der Waals surface area contributed by atoms with Gasteiger partial charge < -0.3 is 10.0 Å². The number of carbonyl (C=O) groups excluding carboxylic acids is 1. The van der Waals surface area contributed by atoms with Crippen molar-refractivity contribution in [1.29, 1.82) is 0 Å². The van der Waals surface area contributed by atoms with Gasteiger partial charge in [-0.15, -0.1) is 0 Å². The Morgan fingerprint density at radius 1 is 1.59 bits per heavy atom. The van der Waals surface area contributed by atoms with Crippen LogP contribution in [-0.4, -0.2) is 33.9 Å². The van der Waals surface area contributed by atoms with Crippen molar-refractivity contribution >= 4 is 11.9 Å². The van der Waals surface area contributed by atoms with Crippen molar-refractivity contribution in [3.8, 4) is 0 Å². The number of aromatic nitrogens is 1. The van der Waals surface area contributed by atoms with E-state index in [1.54, 1.807) is 24.2 Å². The highest BCUT2D eigenvalue weighted by atomic mass is 16.4. The third-order valence-electron chi connectivity index (χ3n) is 3.12. The maximum atomic E-state index is 11.7. The number of rotatable bonds is 3. The van der Waals surface area contributed by atoms with Gasteiger partial charge in [0.2, 0.25) is 5.91 Å². The van der Waals surface area contributed by atoms with Crippen molar-refractivity contribution in [3.05, 3.63) is 30.1 Å². The number of hydrogen-bond donors (Lipinski definition) is 1. The standard InChI is InChI=1S/C12H14N2O3/c1-14-10(15)6-8(7-11(16)17)12(14)9-4-2-3-5-13-9/h2-5,8,12H,6-7H2,1H3,(H,16,17)/t8-,12+/m1/s1. The Morgan fingerprint density at radius 3 is 2.94 bits per heavy atom. The Hall–Kier alpha value is -1.91. The van der Waals surface area contributed by atoms with Crippen LogP contribution in [0.4, 0.5) is 0 Å². The number of carboxylic acids is 1. The number of pyridine rings is 1. The number of nitrogens with zero attached hydrogens (tertiary/aromatic N) is 2. The van der Waals surface area contributed by atoms with Gasteiger partial charge in [-0.25, -0.2) is 0 Å². The van der Waals surface area contributed by atoms with Gasteiger partial charge in [-0.1, -0.05) is 6.07 Å². The third kappa shape index (κ3) is 2.27. The summed E-state index contributed by atoms with van der Waals surface area (Å²) in [7, 11) is 1.70. The van der Waals surface area contributed by atoms with Gasteiger partial charge in [-0.2, -0.15) is 0 Å². The average molecular weight is 234 g/mol. The molecule has 1 N–H and O–H groups in total. The first-order valence-electron chi connectivity index (χ1n) is 5.48. The van der Waals surface area contributed by atoms with E-state index in [2.05, 4.69) is 4.98 Å². The highest BCUT2D eigenvalue weighted by Crippen LogP contribution is 2.37. The van der Waals surface area contributed by atoms with Crippen molar-refractivity contribution in [2.24, 2.45) is 5.92 Å². The molecule has 0 radical (unpaired) electrons. The molecule has 17 heavy (non-hydrogen) atoms. The number of amides is 1. The van der Waals surface area contributed by atoms with E-state index in [0.717, 1.165) is 5.69 Å².